The van der Waals surface area contributed by atoms with Gasteiger partial charge in [-0.3, -0.25) is 0 Å². The molecular weight excluding hydrogens is 316 g/mol. The minimum Gasteiger partial charge on any atom is -0.348 e. The molecule has 0 fully saturated rings. The lowest BCUT2D eigenvalue weighted by molar-refractivity contribution is 0.526. The Labute approximate surface area is 128 Å². The van der Waals surface area contributed by atoms with Gasteiger partial charge in [0, 0.05) is 34.5 Å². The fraction of sp³-hybridized carbons (Fsp3) is 0.333. The third kappa shape index (κ3) is 4.02. The second-order valence-corrected chi connectivity index (χ2v) is 6.26. The first-order chi connectivity index (χ1) is 9.50. The first-order valence-electron chi connectivity index (χ1n) is 6.51. The Morgan fingerprint density at radius 3 is 2.45 bits per heavy atom. The summed E-state index contributed by atoms with van der Waals surface area (Å²) in [5.41, 5.74) is 2.01. The van der Waals surface area contributed by atoms with Crippen molar-refractivity contribution in [3.63, 3.8) is 0 Å². The molecule has 0 spiro atoms. The highest BCUT2D eigenvalue weighted by atomic mass is 79.9. The summed E-state index contributed by atoms with van der Waals surface area (Å²) in [6, 6.07) is 8.10. The lowest BCUT2D eigenvalue weighted by Gasteiger charge is -2.25. The molecule has 0 atom stereocenters. The molecule has 0 saturated heterocycles. The summed E-state index contributed by atoms with van der Waals surface area (Å²) in [5.74, 6) is 0.643. The Morgan fingerprint density at radius 2 is 1.85 bits per heavy atom. The SMILES string of the molecule is CNCC(C)(C)Nc1ncc(-c2cccc(Br)c2)cn1. The van der Waals surface area contributed by atoms with Crippen LogP contribution in [0, 0.1) is 0 Å². The van der Waals surface area contributed by atoms with Crippen molar-refractivity contribution < 1.29 is 0 Å². The van der Waals surface area contributed by atoms with E-state index >= 15 is 0 Å². The molecule has 0 saturated carbocycles. The summed E-state index contributed by atoms with van der Waals surface area (Å²) in [5, 5.41) is 6.46. The smallest absolute Gasteiger partial charge is 0.223 e. The first kappa shape index (κ1) is 14.9. The van der Waals surface area contributed by atoms with Crippen LogP contribution in [-0.2, 0) is 0 Å². The molecule has 0 aliphatic rings. The van der Waals surface area contributed by atoms with Crippen LogP contribution in [0.5, 0.6) is 0 Å². The second kappa shape index (κ2) is 6.33. The van der Waals surface area contributed by atoms with Crippen molar-refractivity contribution in [3.8, 4) is 11.1 Å². The van der Waals surface area contributed by atoms with E-state index in [-0.39, 0.29) is 5.54 Å². The van der Waals surface area contributed by atoms with Gasteiger partial charge in [-0.05, 0) is 38.6 Å². The standard InChI is InChI=1S/C15H19BrN4/c1-15(2,10-17-3)20-14-18-8-12(9-19-14)11-5-4-6-13(16)7-11/h4-9,17H,10H2,1-3H3,(H,18,19,20). The number of hydrogen-bond acceptors (Lipinski definition) is 4. The van der Waals surface area contributed by atoms with Crippen molar-refractivity contribution in [2.24, 2.45) is 0 Å². The normalized spacial score (nSPS) is 11.4. The number of hydrogen-bond donors (Lipinski definition) is 2. The summed E-state index contributed by atoms with van der Waals surface area (Å²) >= 11 is 3.47. The minimum absolute atomic E-state index is 0.0912. The van der Waals surface area contributed by atoms with Gasteiger partial charge in [0.2, 0.25) is 5.95 Å². The van der Waals surface area contributed by atoms with E-state index in [1.165, 1.54) is 0 Å². The number of halogens is 1. The molecule has 2 N–H and O–H groups in total. The van der Waals surface area contributed by atoms with E-state index in [1.807, 2.05) is 37.6 Å². The molecule has 106 valence electrons. The van der Waals surface area contributed by atoms with Crippen LogP contribution in [0.25, 0.3) is 11.1 Å². The van der Waals surface area contributed by atoms with Gasteiger partial charge < -0.3 is 10.6 Å². The van der Waals surface area contributed by atoms with Crippen LogP contribution >= 0.6 is 15.9 Å². The third-order valence-electron chi connectivity index (χ3n) is 2.88. The van der Waals surface area contributed by atoms with Crippen LogP contribution in [0.4, 0.5) is 5.95 Å². The molecule has 2 rings (SSSR count). The van der Waals surface area contributed by atoms with Gasteiger partial charge in [-0.15, -0.1) is 0 Å². The predicted octanol–water partition coefficient (Wildman–Crippen LogP) is 3.32. The fourth-order valence-corrected chi connectivity index (χ4v) is 2.40. The van der Waals surface area contributed by atoms with Gasteiger partial charge >= 0.3 is 0 Å². The molecule has 1 aromatic heterocycles. The van der Waals surface area contributed by atoms with Crippen LogP contribution in [0.2, 0.25) is 0 Å². The van der Waals surface area contributed by atoms with E-state index in [2.05, 4.69) is 56.4 Å². The zero-order chi connectivity index (χ0) is 14.6. The second-order valence-electron chi connectivity index (χ2n) is 5.34. The first-order valence-corrected chi connectivity index (χ1v) is 7.30. The van der Waals surface area contributed by atoms with E-state index in [4.69, 9.17) is 0 Å². The number of rotatable bonds is 5. The van der Waals surface area contributed by atoms with Gasteiger partial charge in [-0.1, -0.05) is 28.1 Å². The fourth-order valence-electron chi connectivity index (χ4n) is 2.00. The summed E-state index contributed by atoms with van der Waals surface area (Å²) in [7, 11) is 1.93. The summed E-state index contributed by atoms with van der Waals surface area (Å²) in [6.45, 7) is 5.05. The lowest BCUT2D eigenvalue weighted by atomic mass is 10.1. The molecule has 0 unspecified atom stereocenters. The summed E-state index contributed by atoms with van der Waals surface area (Å²) in [6.07, 6.45) is 3.68. The van der Waals surface area contributed by atoms with Gasteiger partial charge in [-0.2, -0.15) is 0 Å². The maximum Gasteiger partial charge on any atom is 0.223 e. The van der Waals surface area contributed by atoms with Gasteiger partial charge in [0.05, 0.1) is 0 Å². The zero-order valence-corrected chi connectivity index (χ0v) is 13.5. The Kier molecular flexibility index (Phi) is 4.73. The highest BCUT2D eigenvalue weighted by molar-refractivity contribution is 9.10. The van der Waals surface area contributed by atoms with Crippen molar-refractivity contribution in [2.75, 3.05) is 18.9 Å². The van der Waals surface area contributed by atoms with Crippen LogP contribution in [0.15, 0.2) is 41.1 Å². The Balaban J connectivity index is 2.14. The Hall–Kier alpha value is -1.46. The third-order valence-corrected chi connectivity index (χ3v) is 3.37. The molecular formula is C15H19BrN4. The molecule has 0 amide bonds. The molecule has 1 aromatic carbocycles. The molecule has 4 nitrogen and oxygen atoms in total. The van der Waals surface area contributed by atoms with Gasteiger partial charge in [0.1, 0.15) is 0 Å². The summed E-state index contributed by atoms with van der Waals surface area (Å²) < 4.78 is 1.05. The van der Waals surface area contributed by atoms with E-state index in [0.717, 1.165) is 22.1 Å². The largest absolute Gasteiger partial charge is 0.348 e. The Morgan fingerprint density at radius 1 is 1.15 bits per heavy atom. The number of aromatic nitrogens is 2. The number of benzene rings is 1. The van der Waals surface area contributed by atoms with Crippen molar-refractivity contribution in [2.45, 2.75) is 19.4 Å². The molecule has 20 heavy (non-hydrogen) atoms. The van der Waals surface area contributed by atoms with Crippen molar-refractivity contribution >= 4 is 21.9 Å². The molecule has 5 heteroatoms. The molecule has 0 aliphatic heterocycles. The number of nitrogens with zero attached hydrogens (tertiary/aromatic N) is 2. The number of likely N-dealkylation sites (N-methyl/N-ethyl adjacent to an activating group) is 1. The number of anilines is 1. The van der Waals surface area contributed by atoms with Crippen LogP contribution in [0.1, 0.15) is 13.8 Å². The van der Waals surface area contributed by atoms with E-state index in [1.54, 1.807) is 0 Å². The van der Waals surface area contributed by atoms with Crippen molar-refractivity contribution in [3.05, 3.63) is 41.1 Å². The van der Waals surface area contributed by atoms with Crippen LogP contribution in [0.3, 0.4) is 0 Å². The van der Waals surface area contributed by atoms with Gasteiger partial charge in [0.25, 0.3) is 0 Å². The van der Waals surface area contributed by atoms with Crippen LogP contribution < -0.4 is 10.6 Å². The maximum atomic E-state index is 4.39. The lowest BCUT2D eigenvalue weighted by Crippen LogP contribution is -2.41. The van der Waals surface area contributed by atoms with Crippen LogP contribution in [-0.4, -0.2) is 29.1 Å². The zero-order valence-electron chi connectivity index (χ0n) is 11.9. The van der Waals surface area contributed by atoms with Crippen molar-refractivity contribution in [1.29, 1.82) is 0 Å². The quantitative estimate of drug-likeness (QED) is 0.880. The average Bonchev–Trinajstić information content (AvgIpc) is 2.39. The highest BCUT2D eigenvalue weighted by Crippen LogP contribution is 2.22. The summed E-state index contributed by atoms with van der Waals surface area (Å²) in [4.78, 5) is 8.77. The molecule has 2 aromatic rings. The predicted molar refractivity (Wildman–Crippen MR) is 86.8 cm³/mol. The Bertz CT molecular complexity index is 566. The van der Waals surface area contributed by atoms with E-state index in [0.29, 0.717) is 5.95 Å². The molecule has 0 aliphatic carbocycles. The highest BCUT2D eigenvalue weighted by Gasteiger charge is 2.17. The van der Waals surface area contributed by atoms with Gasteiger partial charge in [-0.25, -0.2) is 9.97 Å². The molecule has 0 radical (unpaired) electrons. The minimum atomic E-state index is -0.0912. The van der Waals surface area contributed by atoms with Crippen molar-refractivity contribution in [1.82, 2.24) is 15.3 Å². The number of nitrogens with one attached hydrogen (secondary N) is 2. The maximum absolute atomic E-state index is 4.39. The topological polar surface area (TPSA) is 49.8 Å². The van der Waals surface area contributed by atoms with E-state index < -0.39 is 0 Å². The molecule has 0 bridgehead atoms. The van der Waals surface area contributed by atoms with E-state index in [9.17, 15) is 0 Å². The van der Waals surface area contributed by atoms with Gasteiger partial charge in [0.15, 0.2) is 0 Å². The average molecular weight is 335 g/mol. The monoisotopic (exact) mass is 334 g/mol. The molecule has 1 heterocycles.